The van der Waals surface area contributed by atoms with Crippen LogP contribution in [0.3, 0.4) is 0 Å². The molecule has 2 heteroatoms. The molecule has 0 aliphatic rings. The molecular formula is C15H11ClO. The fourth-order valence-corrected chi connectivity index (χ4v) is 1.63. The molecule has 2 aromatic carbocycles. The number of rotatable bonds is 1. The van der Waals surface area contributed by atoms with E-state index in [0.717, 1.165) is 11.1 Å². The summed E-state index contributed by atoms with van der Waals surface area (Å²) in [6.45, 7) is 0. The molecule has 17 heavy (non-hydrogen) atoms. The van der Waals surface area contributed by atoms with Crippen LogP contribution >= 0.6 is 11.6 Å². The van der Waals surface area contributed by atoms with Gasteiger partial charge in [-0.25, -0.2) is 0 Å². The van der Waals surface area contributed by atoms with E-state index >= 15 is 0 Å². The number of aliphatic hydroxyl groups is 1. The Balaban J connectivity index is 2.17. The molecule has 0 fully saturated rings. The van der Waals surface area contributed by atoms with Crippen molar-refractivity contribution in [1.29, 1.82) is 0 Å². The smallest absolute Gasteiger partial charge is 0.140 e. The molecule has 0 radical (unpaired) electrons. The number of halogens is 1. The highest BCUT2D eigenvalue weighted by Gasteiger charge is 2.00. The molecule has 84 valence electrons. The van der Waals surface area contributed by atoms with Gasteiger partial charge in [0, 0.05) is 10.6 Å². The van der Waals surface area contributed by atoms with Crippen LogP contribution in [0.25, 0.3) is 0 Å². The van der Waals surface area contributed by atoms with Crippen LogP contribution in [0, 0.1) is 11.8 Å². The van der Waals surface area contributed by atoms with Gasteiger partial charge in [0.15, 0.2) is 0 Å². The van der Waals surface area contributed by atoms with Crippen molar-refractivity contribution in [2.75, 3.05) is 0 Å². The highest BCUT2D eigenvalue weighted by Crippen LogP contribution is 2.12. The molecule has 1 atom stereocenters. The first-order valence-corrected chi connectivity index (χ1v) is 5.63. The molecule has 1 nitrogen and oxygen atoms in total. The lowest BCUT2D eigenvalue weighted by Crippen LogP contribution is -1.92. The molecule has 2 aromatic rings. The summed E-state index contributed by atoms with van der Waals surface area (Å²) in [5, 5.41) is 10.5. The van der Waals surface area contributed by atoms with Crippen LogP contribution < -0.4 is 0 Å². The van der Waals surface area contributed by atoms with E-state index in [2.05, 4.69) is 11.8 Å². The highest BCUT2D eigenvalue weighted by atomic mass is 35.5. The van der Waals surface area contributed by atoms with Crippen LogP contribution in [-0.2, 0) is 0 Å². The predicted octanol–water partition coefficient (Wildman–Crippen LogP) is 3.43. The monoisotopic (exact) mass is 242 g/mol. The second-order valence-corrected chi connectivity index (χ2v) is 4.03. The minimum Gasteiger partial charge on any atom is -0.376 e. The Morgan fingerprint density at radius 2 is 1.76 bits per heavy atom. The Morgan fingerprint density at radius 3 is 2.47 bits per heavy atom. The molecule has 0 aliphatic carbocycles. The summed E-state index contributed by atoms with van der Waals surface area (Å²) in [7, 11) is 0. The predicted molar refractivity (Wildman–Crippen MR) is 69.7 cm³/mol. The van der Waals surface area contributed by atoms with Crippen molar-refractivity contribution in [1.82, 2.24) is 0 Å². The van der Waals surface area contributed by atoms with Gasteiger partial charge in [-0.1, -0.05) is 59.8 Å². The SMILES string of the molecule is O[C@H](C#Cc1cccc(Cl)c1)c1ccccc1. The van der Waals surface area contributed by atoms with Gasteiger partial charge in [-0.15, -0.1) is 0 Å². The van der Waals surface area contributed by atoms with Crippen molar-refractivity contribution >= 4 is 11.6 Å². The van der Waals surface area contributed by atoms with Crippen LogP contribution in [0.1, 0.15) is 17.2 Å². The van der Waals surface area contributed by atoms with Crippen LogP contribution in [0.5, 0.6) is 0 Å². The van der Waals surface area contributed by atoms with Crippen molar-refractivity contribution in [2.24, 2.45) is 0 Å². The zero-order valence-electron chi connectivity index (χ0n) is 9.10. The van der Waals surface area contributed by atoms with Crippen LogP contribution in [0.2, 0.25) is 5.02 Å². The molecule has 0 aliphatic heterocycles. The third-order valence-corrected chi connectivity index (χ3v) is 2.53. The largest absolute Gasteiger partial charge is 0.376 e. The zero-order chi connectivity index (χ0) is 12.1. The Morgan fingerprint density at radius 1 is 1.00 bits per heavy atom. The van der Waals surface area contributed by atoms with Crippen molar-refractivity contribution in [2.45, 2.75) is 6.10 Å². The highest BCUT2D eigenvalue weighted by molar-refractivity contribution is 6.30. The van der Waals surface area contributed by atoms with Gasteiger partial charge in [0.25, 0.3) is 0 Å². The molecule has 0 aromatic heterocycles. The van der Waals surface area contributed by atoms with E-state index < -0.39 is 6.10 Å². The van der Waals surface area contributed by atoms with Gasteiger partial charge in [0.05, 0.1) is 0 Å². The molecule has 0 heterocycles. The average Bonchev–Trinajstić information content (AvgIpc) is 2.37. The number of aliphatic hydroxyl groups excluding tert-OH is 1. The molecule has 0 spiro atoms. The van der Waals surface area contributed by atoms with Crippen LogP contribution in [0.15, 0.2) is 54.6 Å². The molecule has 0 unspecified atom stereocenters. The summed E-state index contributed by atoms with van der Waals surface area (Å²) in [5.41, 5.74) is 1.59. The maximum Gasteiger partial charge on any atom is 0.140 e. The second-order valence-electron chi connectivity index (χ2n) is 3.59. The van der Waals surface area contributed by atoms with Gasteiger partial charge in [-0.2, -0.15) is 0 Å². The lowest BCUT2D eigenvalue weighted by atomic mass is 10.1. The molecule has 1 N–H and O–H groups in total. The number of hydrogen-bond acceptors (Lipinski definition) is 1. The van der Waals surface area contributed by atoms with E-state index in [1.165, 1.54) is 0 Å². The molecule has 0 bridgehead atoms. The molecule has 0 saturated heterocycles. The van der Waals surface area contributed by atoms with Gasteiger partial charge in [-0.3, -0.25) is 0 Å². The van der Waals surface area contributed by atoms with Crippen LogP contribution in [0.4, 0.5) is 0 Å². The maximum atomic E-state index is 9.84. The maximum absolute atomic E-state index is 9.84. The fourth-order valence-electron chi connectivity index (χ4n) is 1.44. The normalized spacial score (nSPS) is 11.4. The quantitative estimate of drug-likeness (QED) is 0.760. The lowest BCUT2D eigenvalue weighted by molar-refractivity contribution is 0.238. The van der Waals surface area contributed by atoms with E-state index in [-0.39, 0.29) is 0 Å². The first-order chi connectivity index (χ1) is 8.25. The van der Waals surface area contributed by atoms with E-state index in [4.69, 9.17) is 11.6 Å². The van der Waals surface area contributed by atoms with E-state index in [1.807, 2.05) is 42.5 Å². The van der Waals surface area contributed by atoms with Gasteiger partial charge >= 0.3 is 0 Å². The molecular weight excluding hydrogens is 232 g/mol. The van der Waals surface area contributed by atoms with Crippen LogP contribution in [-0.4, -0.2) is 5.11 Å². The molecule has 0 saturated carbocycles. The number of benzene rings is 2. The van der Waals surface area contributed by atoms with E-state index in [9.17, 15) is 5.11 Å². The van der Waals surface area contributed by atoms with E-state index in [0.29, 0.717) is 5.02 Å². The Kier molecular flexibility index (Phi) is 3.82. The number of hydrogen-bond donors (Lipinski definition) is 1. The average molecular weight is 243 g/mol. The van der Waals surface area contributed by atoms with Gasteiger partial charge in [0.1, 0.15) is 6.10 Å². The van der Waals surface area contributed by atoms with Gasteiger partial charge < -0.3 is 5.11 Å². The van der Waals surface area contributed by atoms with E-state index in [1.54, 1.807) is 12.1 Å². The standard InChI is InChI=1S/C15H11ClO/c16-14-8-4-5-12(11-14)9-10-15(17)13-6-2-1-3-7-13/h1-8,11,15,17H/t15-/m1/s1. The lowest BCUT2D eigenvalue weighted by Gasteiger charge is -2.01. The first-order valence-electron chi connectivity index (χ1n) is 5.26. The zero-order valence-corrected chi connectivity index (χ0v) is 9.85. The first kappa shape index (κ1) is 11.7. The summed E-state index contributed by atoms with van der Waals surface area (Å²) in [4.78, 5) is 0. The molecule has 0 amide bonds. The third-order valence-electron chi connectivity index (χ3n) is 2.29. The second kappa shape index (κ2) is 5.54. The summed E-state index contributed by atoms with van der Waals surface area (Å²) >= 11 is 5.85. The Hall–Kier alpha value is -1.75. The van der Waals surface area contributed by atoms with Crippen molar-refractivity contribution < 1.29 is 5.11 Å². The summed E-state index contributed by atoms with van der Waals surface area (Å²) in [6, 6.07) is 16.6. The summed E-state index contributed by atoms with van der Waals surface area (Å²) in [6.07, 6.45) is -0.768. The molecule has 2 rings (SSSR count). The third kappa shape index (κ3) is 3.35. The van der Waals surface area contributed by atoms with Gasteiger partial charge in [0.2, 0.25) is 0 Å². The van der Waals surface area contributed by atoms with Gasteiger partial charge in [-0.05, 0) is 23.8 Å². The Bertz CT molecular complexity index is 552. The minimum atomic E-state index is -0.768. The van der Waals surface area contributed by atoms with Crippen molar-refractivity contribution in [3.8, 4) is 11.8 Å². The summed E-state index contributed by atoms with van der Waals surface area (Å²) < 4.78 is 0. The Labute approximate surface area is 106 Å². The van der Waals surface area contributed by atoms with Crippen molar-refractivity contribution in [3.63, 3.8) is 0 Å². The summed E-state index contributed by atoms with van der Waals surface area (Å²) in [5.74, 6) is 5.69. The topological polar surface area (TPSA) is 20.2 Å². The minimum absolute atomic E-state index is 0.644. The van der Waals surface area contributed by atoms with Crippen molar-refractivity contribution in [3.05, 3.63) is 70.7 Å². The fraction of sp³-hybridized carbons (Fsp3) is 0.0667.